The molecule has 0 fully saturated rings. The molecule has 0 atom stereocenters. The number of aryl methyl sites for hydroxylation is 1. The maximum atomic E-state index is 12.7. The third-order valence-electron chi connectivity index (χ3n) is 4.21. The van der Waals surface area contributed by atoms with Gasteiger partial charge < -0.3 is 0 Å². The number of hydrogen-bond acceptors (Lipinski definition) is 3. The smallest absolute Gasteiger partial charge is 0.280 e. The molecule has 0 unspecified atom stereocenters. The number of fused-ring (bicyclic) bond motifs is 1. The van der Waals surface area contributed by atoms with Crippen LogP contribution in [0.2, 0.25) is 0 Å². The van der Waals surface area contributed by atoms with Crippen LogP contribution in [0.25, 0.3) is 11.3 Å². The fraction of sp³-hybridized carbons (Fsp3) is 0.389. The second-order valence-electron chi connectivity index (χ2n) is 6.27. The average Bonchev–Trinajstić information content (AvgIpc) is 2.91. The molecule has 0 aliphatic heterocycles. The quantitative estimate of drug-likeness (QED) is 0.724. The van der Waals surface area contributed by atoms with E-state index in [1.54, 1.807) is 12.4 Å². The highest BCUT2D eigenvalue weighted by atomic mass is 16.2. The van der Waals surface area contributed by atoms with Crippen molar-refractivity contribution in [3.63, 3.8) is 0 Å². The van der Waals surface area contributed by atoms with Crippen molar-refractivity contribution in [2.75, 3.05) is 0 Å². The van der Waals surface area contributed by atoms with Crippen molar-refractivity contribution in [1.29, 1.82) is 0 Å². The van der Waals surface area contributed by atoms with Crippen molar-refractivity contribution < 1.29 is 0 Å². The molecule has 0 saturated heterocycles. The lowest BCUT2D eigenvalue weighted by atomic mass is 10.0. The highest BCUT2D eigenvalue weighted by Gasteiger charge is 2.12. The second kappa shape index (κ2) is 6.47. The maximum absolute atomic E-state index is 12.7. The van der Waals surface area contributed by atoms with Crippen molar-refractivity contribution in [1.82, 2.24) is 18.7 Å². The minimum atomic E-state index is -0.290. The molecule has 0 N–H and O–H groups in total. The molecule has 1 aromatic carbocycles. The zero-order valence-electron chi connectivity index (χ0n) is 14.3. The van der Waals surface area contributed by atoms with Gasteiger partial charge >= 0.3 is 11.2 Å². The number of hydrogen-bond donors (Lipinski definition) is 0. The van der Waals surface area contributed by atoms with Gasteiger partial charge in [-0.1, -0.05) is 39.3 Å². The summed E-state index contributed by atoms with van der Waals surface area (Å²) < 4.78 is 4.21. The monoisotopic (exact) mass is 326 g/mol. The number of aromatic nitrogens is 4. The summed E-state index contributed by atoms with van der Waals surface area (Å²) in [6, 6.07) is 7.87. The number of nitrogens with zero attached hydrogens (tertiary/aromatic N) is 4. The fourth-order valence-electron chi connectivity index (χ4n) is 2.69. The Kier molecular flexibility index (Phi) is 4.38. The van der Waals surface area contributed by atoms with Crippen molar-refractivity contribution in [2.24, 2.45) is 0 Å². The lowest BCUT2D eigenvalue weighted by Gasteiger charge is -2.08. The van der Waals surface area contributed by atoms with Crippen molar-refractivity contribution in [2.45, 2.75) is 46.1 Å². The van der Waals surface area contributed by atoms with Gasteiger partial charge in [0.1, 0.15) is 0 Å². The molecule has 0 radical (unpaired) electrons. The van der Waals surface area contributed by atoms with Crippen molar-refractivity contribution in [3.8, 4) is 5.69 Å². The summed E-state index contributed by atoms with van der Waals surface area (Å²) in [7, 11) is 0. The summed E-state index contributed by atoms with van der Waals surface area (Å²) >= 11 is 0. The van der Waals surface area contributed by atoms with Gasteiger partial charge in [0.05, 0.1) is 0 Å². The van der Waals surface area contributed by atoms with Crippen LogP contribution in [0.15, 0.2) is 46.2 Å². The third-order valence-corrected chi connectivity index (χ3v) is 4.21. The topological polar surface area (TPSA) is 61.3 Å². The van der Waals surface area contributed by atoms with E-state index in [9.17, 15) is 9.59 Å². The second-order valence-corrected chi connectivity index (χ2v) is 6.27. The largest absolute Gasteiger partial charge is 0.350 e. The number of unbranched alkanes of at least 4 members (excludes halogenated alkanes) is 1. The molecule has 0 saturated carbocycles. The molecule has 126 valence electrons. The van der Waals surface area contributed by atoms with Crippen molar-refractivity contribution in [3.05, 3.63) is 63.1 Å². The first-order chi connectivity index (χ1) is 11.5. The predicted octanol–water partition coefficient (Wildman–Crippen LogP) is 2.57. The van der Waals surface area contributed by atoms with Crippen LogP contribution >= 0.6 is 0 Å². The van der Waals surface area contributed by atoms with E-state index >= 15 is 0 Å². The molecule has 6 heteroatoms. The Morgan fingerprint density at radius 1 is 1.08 bits per heavy atom. The summed E-state index contributed by atoms with van der Waals surface area (Å²) in [5.41, 5.74) is 1.59. The van der Waals surface area contributed by atoms with Gasteiger partial charge in [0, 0.05) is 24.6 Å². The van der Waals surface area contributed by atoms with Gasteiger partial charge in [0.25, 0.3) is 0 Å². The minimum Gasteiger partial charge on any atom is -0.280 e. The zero-order valence-corrected chi connectivity index (χ0v) is 14.3. The summed E-state index contributed by atoms with van der Waals surface area (Å²) in [4.78, 5) is 25.0. The Morgan fingerprint density at radius 2 is 1.79 bits per heavy atom. The van der Waals surface area contributed by atoms with Gasteiger partial charge in [-0.25, -0.2) is 13.9 Å². The molecular weight excluding hydrogens is 304 g/mol. The maximum Gasteiger partial charge on any atom is 0.350 e. The predicted molar refractivity (Wildman–Crippen MR) is 94.0 cm³/mol. The first kappa shape index (κ1) is 16.2. The Morgan fingerprint density at radius 3 is 2.42 bits per heavy atom. The zero-order chi connectivity index (χ0) is 17.3. The molecule has 0 aliphatic carbocycles. The minimum absolute atomic E-state index is 0.159. The molecule has 0 aliphatic rings. The molecule has 2 heterocycles. The van der Waals surface area contributed by atoms with E-state index in [1.165, 1.54) is 19.2 Å². The van der Waals surface area contributed by atoms with E-state index in [4.69, 9.17) is 0 Å². The van der Waals surface area contributed by atoms with E-state index in [1.807, 2.05) is 24.3 Å². The molecule has 0 amide bonds. The Bertz CT molecular complexity index is 961. The van der Waals surface area contributed by atoms with Gasteiger partial charge in [-0.2, -0.15) is 0 Å². The standard InChI is InChI=1S/C18H22N4O2/c1-4-5-10-22-18(24)21-12-11-20(17(23)16(21)19-22)15-8-6-14(7-9-15)13(2)3/h6-9,11-13H,4-5,10H2,1-3H3. The Hall–Kier alpha value is -2.63. The van der Waals surface area contributed by atoms with Crippen LogP contribution in [0.3, 0.4) is 0 Å². The van der Waals surface area contributed by atoms with Crippen LogP contribution < -0.4 is 11.2 Å². The lowest BCUT2D eigenvalue weighted by molar-refractivity contribution is 0.554. The Labute approximate surface area is 140 Å². The molecule has 24 heavy (non-hydrogen) atoms. The van der Waals surface area contributed by atoms with Gasteiger partial charge in [0.2, 0.25) is 5.65 Å². The molecule has 2 aromatic heterocycles. The first-order valence-electron chi connectivity index (χ1n) is 8.34. The average molecular weight is 326 g/mol. The summed E-state index contributed by atoms with van der Waals surface area (Å²) in [5.74, 6) is 0.436. The van der Waals surface area contributed by atoms with Gasteiger partial charge in [-0.3, -0.25) is 9.36 Å². The lowest BCUT2D eigenvalue weighted by Crippen LogP contribution is -2.24. The third kappa shape index (κ3) is 2.79. The van der Waals surface area contributed by atoms with Crippen LogP contribution in [0, 0.1) is 0 Å². The van der Waals surface area contributed by atoms with Gasteiger partial charge in [-0.05, 0) is 30.0 Å². The highest BCUT2D eigenvalue weighted by molar-refractivity contribution is 5.41. The molecule has 3 aromatic rings. The number of rotatable bonds is 5. The van der Waals surface area contributed by atoms with E-state index in [2.05, 4.69) is 25.9 Å². The first-order valence-corrected chi connectivity index (χ1v) is 8.34. The van der Waals surface area contributed by atoms with E-state index in [0.29, 0.717) is 12.5 Å². The van der Waals surface area contributed by atoms with E-state index in [0.717, 1.165) is 18.5 Å². The van der Waals surface area contributed by atoms with Crippen LogP contribution in [0.5, 0.6) is 0 Å². The van der Waals surface area contributed by atoms with Gasteiger partial charge in [-0.15, -0.1) is 5.10 Å². The molecule has 0 spiro atoms. The van der Waals surface area contributed by atoms with Crippen molar-refractivity contribution >= 4 is 5.65 Å². The molecule has 3 rings (SSSR count). The molecule has 6 nitrogen and oxygen atoms in total. The Balaban J connectivity index is 2.08. The van der Waals surface area contributed by atoms with Gasteiger partial charge in [0.15, 0.2) is 0 Å². The molecular formula is C18H22N4O2. The summed E-state index contributed by atoms with van der Waals surface area (Å²) in [6.45, 7) is 6.83. The fourth-order valence-corrected chi connectivity index (χ4v) is 2.69. The summed E-state index contributed by atoms with van der Waals surface area (Å²) in [6.07, 6.45) is 5.04. The SMILES string of the molecule is CCCCn1nc2c(=O)n(-c3ccc(C(C)C)cc3)ccn2c1=O. The number of benzene rings is 1. The van der Waals surface area contributed by atoms with E-state index in [-0.39, 0.29) is 16.9 Å². The van der Waals surface area contributed by atoms with Crippen LogP contribution in [-0.4, -0.2) is 18.7 Å². The highest BCUT2D eigenvalue weighted by Crippen LogP contribution is 2.16. The van der Waals surface area contributed by atoms with Crippen LogP contribution in [0.1, 0.15) is 45.1 Å². The van der Waals surface area contributed by atoms with Crippen LogP contribution in [0.4, 0.5) is 0 Å². The molecule has 0 bridgehead atoms. The summed E-state index contributed by atoms with van der Waals surface area (Å²) in [5, 5.41) is 4.22. The normalized spacial score (nSPS) is 11.5. The van der Waals surface area contributed by atoms with Crippen LogP contribution in [-0.2, 0) is 6.54 Å². The van der Waals surface area contributed by atoms with E-state index < -0.39 is 0 Å².